The number of hydrogen-bond donors (Lipinski definition) is 1. The Kier molecular flexibility index (Phi) is 5.51. The first kappa shape index (κ1) is 13.7. The Hall–Kier alpha value is -0.330. The van der Waals surface area contributed by atoms with Gasteiger partial charge in [0.05, 0.1) is 12.7 Å². The molecule has 1 N–H and O–H groups in total. The van der Waals surface area contributed by atoms with Gasteiger partial charge in [-0.25, -0.2) is 0 Å². The fraction of sp³-hybridized carbons (Fsp3) is 1.00. The maximum Gasteiger partial charge on any atom is 0.411 e. The highest BCUT2D eigenvalue weighted by molar-refractivity contribution is 4.68. The Bertz CT molecular complexity index is 190. The molecule has 0 aliphatic carbocycles. The van der Waals surface area contributed by atoms with Crippen molar-refractivity contribution in [2.45, 2.75) is 31.5 Å². The van der Waals surface area contributed by atoms with Crippen LogP contribution in [0.2, 0.25) is 0 Å². The number of alkyl halides is 3. The van der Waals surface area contributed by atoms with Gasteiger partial charge in [-0.15, -0.1) is 0 Å². The van der Waals surface area contributed by atoms with Crippen molar-refractivity contribution >= 4 is 0 Å². The van der Waals surface area contributed by atoms with Crippen LogP contribution in [0.5, 0.6) is 0 Å². The summed E-state index contributed by atoms with van der Waals surface area (Å²) in [5.74, 6) is 0.332. The van der Waals surface area contributed by atoms with Crippen molar-refractivity contribution in [2.75, 3.05) is 26.4 Å². The van der Waals surface area contributed by atoms with Gasteiger partial charge in [0.1, 0.15) is 6.61 Å². The van der Waals surface area contributed by atoms with Crippen LogP contribution in [-0.2, 0) is 9.47 Å². The first-order chi connectivity index (χ1) is 7.47. The summed E-state index contributed by atoms with van der Waals surface area (Å²) in [6, 6.07) is 0. The van der Waals surface area contributed by atoms with Gasteiger partial charge in [-0.2, -0.15) is 13.2 Å². The largest absolute Gasteiger partial charge is 0.411 e. The smallest absolute Gasteiger partial charge is 0.391 e. The Morgan fingerprint density at radius 2 is 1.94 bits per heavy atom. The molecule has 0 aromatic rings. The average Bonchev–Trinajstić information content (AvgIpc) is 2.17. The van der Waals surface area contributed by atoms with E-state index in [0.717, 1.165) is 12.8 Å². The Morgan fingerprint density at radius 3 is 2.50 bits per heavy atom. The van der Waals surface area contributed by atoms with Crippen molar-refractivity contribution in [1.82, 2.24) is 0 Å². The molecule has 1 unspecified atom stereocenters. The molecule has 0 aromatic carbocycles. The number of rotatable bonds is 5. The quantitative estimate of drug-likeness (QED) is 0.798. The van der Waals surface area contributed by atoms with E-state index in [1.54, 1.807) is 0 Å². The summed E-state index contributed by atoms with van der Waals surface area (Å²) in [5.41, 5.74) is 0. The zero-order valence-electron chi connectivity index (χ0n) is 9.00. The highest BCUT2D eigenvalue weighted by Crippen LogP contribution is 2.20. The molecule has 1 heterocycles. The van der Waals surface area contributed by atoms with E-state index < -0.39 is 18.9 Å². The minimum Gasteiger partial charge on any atom is -0.391 e. The van der Waals surface area contributed by atoms with Crippen molar-refractivity contribution in [3.63, 3.8) is 0 Å². The second kappa shape index (κ2) is 6.42. The SMILES string of the molecule is OC(COCC(F)(F)F)CC1CCOCC1. The lowest BCUT2D eigenvalue weighted by atomic mass is 9.94. The summed E-state index contributed by atoms with van der Waals surface area (Å²) in [4.78, 5) is 0. The molecular formula is C10H17F3O3. The molecule has 96 valence electrons. The second-order valence-electron chi connectivity index (χ2n) is 4.08. The molecule has 0 aromatic heterocycles. The van der Waals surface area contributed by atoms with Gasteiger partial charge in [0, 0.05) is 13.2 Å². The average molecular weight is 242 g/mol. The van der Waals surface area contributed by atoms with E-state index in [4.69, 9.17) is 4.74 Å². The highest BCUT2D eigenvalue weighted by atomic mass is 19.4. The Labute approximate surface area is 92.5 Å². The monoisotopic (exact) mass is 242 g/mol. The molecule has 0 amide bonds. The fourth-order valence-corrected chi connectivity index (χ4v) is 1.75. The van der Waals surface area contributed by atoms with Crippen molar-refractivity contribution < 1.29 is 27.8 Å². The first-order valence-corrected chi connectivity index (χ1v) is 5.37. The maximum atomic E-state index is 11.7. The van der Waals surface area contributed by atoms with E-state index in [-0.39, 0.29) is 6.61 Å². The first-order valence-electron chi connectivity index (χ1n) is 5.37. The van der Waals surface area contributed by atoms with E-state index in [1.807, 2.05) is 0 Å². The molecule has 1 fully saturated rings. The minimum atomic E-state index is -4.32. The number of hydrogen-bond acceptors (Lipinski definition) is 3. The minimum absolute atomic E-state index is 0.253. The van der Waals surface area contributed by atoms with Crippen LogP contribution in [-0.4, -0.2) is 43.8 Å². The van der Waals surface area contributed by atoms with E-state index in [9.17, 15) is 18.3 Å². The molecule has 0 radical (unpaired) electrons. The van der Waals surface area contributed by atoms with Crippen LogP contribution >= 0.6 is 0 Å². The van der Waals surface area contributed by atoms with Crippen molar-refractivity contribution in [1.29, 1.82) is 0 Å². The summed E-state index contributed by atoms with van der Waals surface area (Å²) in [6.07, 6.45) is -2.93. The van der Waals surface area contributed by atoms with E-state index in [2.05, 4.69) is 4.74 Å². The fourth-order valence-electron chi connectivity index (χ4n) is 1.75. The van der Waals surface area contributed by atoms with E-state index in [0.29, 0.717) is 25.6 Å². The zero-order chi connectivity index (χ0) is 12.0. The predicted octanol–water partition coefficient (Wildman–Crippen LogP) is 1.74. The van der Waals surface area contributed by atoms with Gasteiger partial charge in [-0.3, -0.25) is 0 Å². The highest BCUT2D eigenvalue weighted by Gasteiger charge is 2.28. The Balaban J connectivity index is 2.08. The van der Waals surface area contributed by atoms with Crippen LogP contribution in [0.25, 0.3) is 0 Å². The molecule has 1 atom stereocenters. The van der Waals surface area contributed by atoms with Crippen LogP contribution in [0.3, 0.4) is 0 Å². The van der Waals surface area contributed by atoms with E-state index in [1.165, 1.54) is 0 Å². The van der Waals surface area contributed by atoms with Crippen molar-refractivity contribution in [3.05, 3.63) is 0 Å². The lowest BCUT2D eigenvalue weighted by Crippen LogP contribution is -2.26. The van der Waals surface area contributed by atoms with Gasteiger partial charge < -0.3 is 14.6 Å². The maximum absolute atomic E-state index is 11.7. The van der Waals surface area contributed by atoms with Crippen LogP contribution < -0.4 is 0 Å². The van der Waals surface area contributed by atoms with Crippen LogP contribution in [0.15, 0.2) is 0 Å². The summed E-state index contributed by atoms with van der Waals surface area (Å²) < 4.78 is 44.8. The van der Waals surface area contributed by atoms with Gasteiger partial charge in [0.2, 0.25) is 0 Å². The zero-order valence-corrected chi connectivity index (χ0v) is 9.00. The van der Waals surface area contributed by atoms with Crippen LogP contribution in [0, 0.1) is 5.92 Å². The summed E-state index contributed by atoms with van der Waals surface area (Å²) in [6.45, 7) is -0.212. The number of aliphatic hydroxyl groups excluding tert-OH is 1. The van der Waals surface area contributed by atoms with Gasteiger partial charge in [0.25, 0.3) is 0 Å². The topological polar surface area (TPSA) is 38.7 Å². The number of ether oxygens (including phenoxy) is 2. The summed E-state index contributed by atoms with van der Waals surface area (Å²) >= 11 is 0. The van der Waals surface area contributed by atoms with Crippen LogP contribution in [0.4, 0.5) is 13.2 Å². The molecule has 1 saturated heterocycles. The molecule has 1 aliphatic rings. The molecule has 0 saturated carbocycles. The van der Waals surface area contributed by atoms with Gasteiger partial charge in [-0.1, -0.05) is 0 Å². The van der Waals surface area contributed by atoms with Crippen molar-refractivity contribution in [2.24, 2.45) is 5.92 Å². The number of halogens is 3. The third-order valence-electron chi connectivity index (χ3n) is 2.52. The summed E-state index contributed by atoms with van der Waals surface area (Å²) in [7, 11) is 0. The molecule has 1 aliphatic heterocycles. The molecule has 0 spiro atoms. The van der Waals surface area contributed by atoms with Gasteiger partial charge in [-0.05, 0) is 25.2 Å². The van der Waals surface area contributed by atoms with Gasteiger partial charge >= 0.3 is 6.18 Å². The molecule has 1 rings (SSSR count). The lowest BCUT2D eigenvalue weighted by Gasteiger charge is -2.24. The second-order valence-corrected chi connectivity index (χ2v) is 4.08. The summed E-state index contributed by atoms with van der Waals surface area (Å²) in [5, 5.41) is 9.47. The third-order valence-corrected chi connectivity index (χ3v) is 2.52. The Morgan fingerprint density at radius 1 is 1.31 bits per heavy atom. The molecule has 6 heteroatoms. The molecular weight excluding hydrogens is 225 g/mol. The molecule has 3 nitrogen and oxygen atoms in total. The predicted molar refractivity (Wildman–Crippen MR) is 51.0 cm³/mol. The van der Waals surface area contributed by atoms with Gasteiger partial charge in [0.15, 0.2) is 0 Å². The lowest BCUT2D eigenvalue weighted by molar-refractivity contribution is -0.179. The molecule has 0 bridgehead atoms. The standard InChI is InChI=1S/C10H17F3O3/c11-10(12,13)7-16-6-9(14)5-8-1-3-15-4-2-8/h8-9,14H,1-7H2. The number of aliphatic hydroxyl groups is 1. The third kappa shape index (κ3) is 6.30. The van der Waals surface area contributed by atoms with Crippen LogP contribution in [0.1, 0.15) is 19.3 Å². The van der Waals surface area contributed by atoms with Crippen molar-refractivity contribution in [3.8, 4) is 0 Å². The normalized spacial score (nSPS) is 21.0. The molecule has 16 heavy (non-hydrogen) atoms. The van der Waals surface area contributed by atoms with E-state index >= 15 is 0 Å².